The Labute approximate surface area is 150 Å². The second kappa shape index (κ2) is 7.11. The van der Waals surface area contributed by atoms with Crippen molar-refractivity contribution in [3.63, 3.8) is 0 Å². The van der Waals surface area contributed by atoms with E-state index in [0.717, 1.165) is 27.5 Å². The number of nitrogens with zero attached hydrogens (tertiary/aromatic N) is 3. The molecule has 1 N–H and O–H groups in total. The molecule has 0 aliphatic carbocycles. The van der Waals surface area contributed by atoms with Gasteiger partial charge in [0, 0.05) is 29.1 Å². The monoisotopic (exact) mass is 340 g/mol. The van der Waals surface area contributed by atoms with Crippen molar-refractivity contribution in [3.8, 4) is 0 Å². The maximum atomic E-state index is 12.2. The van der Waals surface area contributed by atoms with Crippen molar-refractivity contribution in [2.45, 2.75) is 6.42 Å². The zero-order valence-corrected chi connectivity index (χ0v) is 14.0. The minimum Gasteiger partial charge on any atom is -0.266 e. The molecule has 0 radical (unpaired) electrons. The number of nitrogens with one attached hydrogen (secondary N) is 1. The molecule has 0 saturated heterocycles. The zero-order chi connectivity index (χ0) is 17.8. The summed E-state index contributed by atoms with van der Waals surface area (Å²) in [5.74, 6) is -0.335. The summed E-state index contributed by atoms with van der Waals surface area (Å²) < 4.78 is 0. The Morgan fingerprint density at radius 2 is 1.50 bits per heavy atom. The van der Waals surface area contributed by atoms with E-state index in [2.05, 4.69) is 20.5 Å². The van der Waals surface area contributed by atoms with E-state index in [0.29, 0.717) is 12.1 Å². The zero-order valence-electron chi connectivity index (χ0n) is 14.0. The normalized spacial score (nSPS) is 11.2. The first-order valence-electron chi connectivity index (χ1n) is 8.32. The number of hydrazone groups is 1. The first-order valence-corrected chi connectivity index (χ1v) is 8.32. The standard InChI is InChI=1S/C21H16N4O/c26-21(20-12-10-16-6-2-4-8-19(16)24-20)25-22-14-13-17-11-9-15-5-1-3-7-18(15)23-17/h1-12,14H,13H2,(H,25,26)/b22-14+. The Morgan fingerprint density at radius 1 is 0.846 bits per heavy atom. The van der Waals surface area contributed by atoms with Crippen LogP contribution in [0.25, 0.3) is 21.8 Å². The number of amides is 1. The smallest absolute Gasteiger partial charge is 0.266 e. The Balaban J connectivity index is 1.41. The average Bonchev–Trinajstić information content (AvgIpc) is 2.70. The highest BCUT2D eigenvalue weighted by Gasteiger charge is 2.06. The molecule has 0 aliphatic rings. The second-order valence-electron chi connectivity index (χ2n) is 5.84. The molecule has 2 heterocycles. The second-order valence-corrected chi connectivity index (χ2v) is 5.84. The topological polar surface area (TPSA) is 67.2 Å². The molecule has 0 bridgehead atoms. The summed E-state index contributed by atoms with van der Waals surface area (Å²) in [7, 11) is 0. The maximum Gasteiger partial charge on any atom is 0.289 e. The molecule has 5 heteroatoms. The lowest BCUT2D eigenvalue weighted by molar-refractivity contribution is 0.0950. The number of fused-ring (bicyclic) bond motifs is 2. The van der Waals surface area contributed by atoms with Crippen molar-refractivity contribution in [1.82, 2.24) is 15.4 Å². The van der Waals surface area contributed by atoms with Crippen molar-refractivity contribution in [1.29, 1.82) is 0 Å². The third kappa shape index (κ3) is 3.42. The molecule has 5 nitrogen and oxygen atoms in total. The van der Waals surface area contributed by atoms with Crippen molar-refractivity contribution in [3.05, 3.63) is 84.2 Å². The molecule has 0 saturated carbocycles. The van der Waals surface area contributed by atoms with Gasteiger partial charge in [-0.05, 0) is 24.3 Å². The van der Waals surface area contributed by atoms with Gasteiger partial charge in [0.05, 0.1) is 11.0 Å². The molecule has 4 rings (SSSR count). The van der Waals surface area contributed by atoms with Gasteiger partial charge in [-0.2, -0.15) is 5.10 Å². The van der Waals surface area contributed by atoms with Crippen molar-refractivity contribution in [2.75, 3.05) is 0 Å². The maximum absolute atomic E-state index is 12.2. The van der Waals surface area contributed by atoms with Crippen LogP contribution in [0.3, 0.4) is 0 Å². The predicted octanol–water partition coefficient (Wildman–Crippen LogP) is 3.74. The molecular formula is C21H16N4O. The van der Waals surface area contributed by atoms with E-state index in [9.17, 15) is 4.79 Å². The highest BCUT2D eigenvalue weighted by atomic mass is 16.2. The van der Waals surface area contributed by atoms with Crippen LogP contribution in [0.2, 0.25) is 0 Å². The summed E-state index contributed by atoms with van der Waals surface area (Å²) in [6.07, 6.45) is 2.17. The number of hydrogen-bond donors (Lipinski definition) is 1. The van der Waals surface area contributed by atoms with E-state index >= 15 is 0 Å². The van der Waals surface area contributed by atoms with Crippen LogP contribution in [0.15, 0.2) is 77.9 Å². The van der Waals surface area contributed by atoms with Crippen LogP contribution in [0.4, 0.5) is 0 Å². The quantitative estimate of drug-likeness (QED) is 0.454. The van der Waals surface area contributed by atoms with E-state index in [1.165, 1.54) is 0 Å². The summed E-state index contributed by atoms with van der Waals surface area (Å²) >= 11 is 0. The third-order valence-electron chi connectivity index (χ3n) is 4.04. The summed E-state index contributed by atoms with van der Waals surface area (Å²) in [6.45, 7) is 0. The Kier molecular flexibility index (Phi) is 4.35. The molecule has 0 atom stereocenters. The molecule has 2 aromatic heterocycles. The van der Waals surface area contributed by atoms with Crippen LogP contribution in [0.1, 0.15) is 16.2 Å². The van der Waals surface area contributed by atoms with E-state index in [1.807, 2.05) is 66.7 Å². The van der Waals surface area contributed by atoms with Crippen LogP contribution < -0.4 is 5.43 Å². The summed E-state index contributed by atoms with van der Waals surface area (Å²) in [5, 5.41) is 6.09. The lowest BCUT2D eigenvalue weighted by Crippen LogP contribution is -2.19. The van der Waals surface area contributed by atoms with Crippen molar-refractivity contribution >= 4 is 33.9 Å². The van der Waals surface area contributed by atoms with Gasteiger partial charge < -0.3 is 0 Å². The lowest BCUT2D eigenvalue weighted by Gasteiger charge is -2.02. The minimum atomic E-state index is -0.335. The van der Waals surface area contributed by atoms with E-state index in [-0.39, 0.29) is 5.91 Å². The van der Waals surface area contributed by atoms with Gasteiger partial charge in [0.1, 0.15) is 5.69 Å². The van der Waals surface area contributed by atoms with Gasteiger partial charge in [-0.15, -0.1) is 0 Å². The highest BCUT2D eigenvalue weighted by Crippen LogP contribution is 2.12. The van der Waals surface area contributed by atoms with E-state index in [1.54, 1.807) is 12.3 Å². The predicted molar refractivity (Wildman–Crippen MR) is 103 cm³/mol. The number of pyridine rings is 2. The number of rotatable bonds is 4. The molecule has 26 heavy (non-hydrogen) atoms. The van der Waals surface area contributed by atoms with Gasteiger partial charge in [0.25, 0.3) is 5.91 Å². The Hall–Kier alpha value is -3.60. The molecule has 2 aromatic carbocycles. The fourth-order valence-electron chi connectivity index (χ4n) is 2.72. The van der Waals surface area contributed by atoms with Crippen LogP contribution in [0, 0.1) is 0 Å². The first kappa shape index (κ1) is 15.9. The lowest BCUT2D eigenvalue weighted by atomic mass is 10.2. The molecule has 1 amide bonds. The highest BCUT2D eigenvalue weighted by molar-refractivity contribution is 5.95. The van der Waals surface area contributed by atoms with Crippen LogP contribution >= 0.6 is 0 Å². The number of benzene rings is 2. The Bertz CT molecular complexity index is 1120. The third-order valence-corrected chi connectivity index (χ3v) is 4.04. The largest absolute Gasteiger partial charge is 0.289 e. The van der Waals surface area contributed by atoms with Gasteiger partial charge in [-0.25, -0.2) is 10.4 Å². The minimum absolute atomic E-state index is 0.335. The summed E-state index contributed by atoms with van der Waals surface area (Å²) in [6, 6.07) is 23.2. The van der Waals surface area contributed by atoms with E-state index in [4.69, 9.17) is 0 Å². The van der Waals surface area contributed by atoms with Gasteiger partial charge in [-0.3, -0.25) is 9.78 Å². The van der Waals surface area contributed by atoms with Crippen molar-refractivity contribution in [2.24, 2.45) is 5.10 Å². The summed E-state index contributed by atoms with van der Waals surface area (Å²) in [4.78, 5) is 21.1. The molecule has 0 spiro atoms. The number of aromatic nitrogens is 2. The van der Waals surface area contributed by atoms with Gasteiger partial charge >= 0.3 is 0 Å². The molecule has 4 aromatic rings. The number of carbonyl (C=O) groups excluding carboxylic acids is 1. The van der Waals surface area contributed by atoms with Crippen molar-refractivity contribution < 1.29 is 4.79 Å². The number of para-hydroxylation sites is 2. The SMILES string of the molecule is O=C(N/N=C/Cc1ccc2ccccc2n1)c1ccc2ccccc2n1. The first-order chi connectivity index (χ1) is 12.8. The van der Waals surface area contributed by atoms with Crippen LogP contribution in [0.5, 0.6) is 0 Å². The van der Waals surface area contributed by atoms with E-state index < -0.39 is 0 Å². The number of hydrogen-bond acceptors (Lipinski definition) is 4. The molecule has 0 unspecified atom stereocenters. The Morgan fingerprint density at radius 3 is 2.27 bits per heavy atom. The van der Waals surface area contributed by atoms with Crippen LogP contribution in [-0.2, 0) is 6.42 Å². The molecule has 126 valence electrons. The number of carbonyl (C=O) groups is 1. The average molecular weight is 340 g/mol. The molecule has 0 fully saturated rings. The van der Waals surface area contributed by atoms with Gasteiger partial charge in [0.15, 0.2) is 0 Å². The fraction of sp³-hybridized carbons (Fsp3) is 0.0476. The summed E-state index contributed by atoms with van der Waals surface area (Å²) in [5.41, 5.74) is 5.47. The fourth-order valence-corrected chi connectivity index (χ4v) is 2.72. The van der Waals surface area contributed by atoms with Gasteiger partial charge in [-0.1, -0.05) is 48.5 Å². The van der Waals surface area contributed by atoms with Gasteiger partial charge in [0.2, 0.25) is 0 Å². The molecular weight excluding hydrogens is 324 g/mol. The molecule has 0 aliphatic heterocycles. The van der Waals surface area contributed by atoms with Crippen LogP contribution in [-0.4, -0.2) is 22.1 Å².